The lowest BCUT2D eigenvalue weighted by atomic mass is 10.1. The van der Waals surface area contributed by atoms with Crippen molar-refractivity contribution in [3.63, 3.8) is 0 Å². The summed E-state index contributed by atoms with van der Waals surface area (Å²) in [6.45, 7) is 27.3. The van der Waals surface area contributed by atoms with E-state index in [1.165, 1.54) is 6.92 Å². The van der Waals surface area contributed by atoms with Crippen molar-refractivity contribution in [2.75, 3.05) is 4.90 Å². The van der Waals surface area contributed by atoms with Gasteiger partial charge < -0.3 is 18.6 Å². The molecule has 4 amide bonds. The number of benzene rings is 1. The smallest absolute Gasteiger partial charge is 0.421 e. The van der Waals surface area contributed by atoms with Gasteiger partial charge in [-0.1, -0.05) is 32.9 Å². The molecule has 0 radical (unpaired) electrons. The van der Waals surface area contributed by atoms with Gasteiger partial charge in [0.2, 0.25) is 0 Å². The van der Waals surface area contributed by atoms with Gasteiger partial charge >= 0.3 is 18.3 Å². The molecule has 1 aromatic rings. The first-order valence-electron chi connectivity index (χ1n) is 14.2. The number of anilines is 1. The van der Waals surface area contributed by atoms with E-state index in [2.05, 4.69) is 33.9 Å². The average Bonchev–Trinajstić information content (AvgIpc) is 2.74. The molecule has 0 heterocycles. The number of carbonyl (C=O) groups excluding carboxylic acids is 4. The Labute approximate surface area is 253 Å². The molecule has 1 atom stereocenters. The highest BCUT2D eigenvalue weighted by molar-refractivity contribution is 6.74. The van der Waals surface area contributed by atoms with Gasteiger partial charge in [0.05, 0.1) is 12.3 Å². The molecular formula is C31H52N2O8Si. The molecule has 11 heteroatoms. The molecule has 0 aromatic heterocycles. The molecule has 10 nitrogen and oxygen atoms in total. The Bertz CT molecular complexity index is 1090. The Kier molecular flexibility index (Phi) is 11.6. The Morgan fingerprint density at radius 1 is 0.690 bits per heavy atom. The molecule has 0 aliphatic rings. The number of ether oxygens (including phenoxy) is 3. The van der Waals surface area contributed by atoms with Crippen LogP contribution in [0.3, 0.4) is 0 Å². The molecule has 1 rings (SSSR count). The van der Waals surface area contributed by atoms with Crippen molar-refractivity contribution >= 4 is 38.2 Å². The summed E-state index contributed by atoms with van der Waals surface area (Å²) in [6.07, 6.45) is -3.13. The number of carbonyl (C=O) groups is 4. The summed E-state index contributed by atoms with van der Waals surface area (Å²) in [7, 11) is -2.00. The van der Waals surface area contributed by atoms with Crippen LogP contribution in [0, 0.1) is 0 Å². The molecule has 0 spiro atoms. The van der Waals surface area contributed by atoms with Gasteiger partial charge in [0, 0.05) is 0 Å². The van der Waals surface area contributed by atoms with Crippen LogP contribution in [0.1, 0.15) is 95.6 Å². The zero-order valence-electron chi connectivity index (χ0n) is 28.3. The third-order valence-electron chi connectivity index (χ3n) is 6.32. The maximum atomic E-state index is 14.0. The summed E-state index contributed by atoms with van der Waals surface area (Å²) in [5.74, 6) is -0.883. The van der Waals surface area contributed by atoms with Gasteiger partial charge in [-0.3, -0.25) is 4.79 Å². The van der Waals surface area contributed by atoms with E-state index in [4.69, 9.17) is 18.6 Å². The second kappa shape index (κ2) is 13.2. The maximum Gasteiger partial charge on any atom is 0.421 e. The van der Waals surface area contributed by atoms with Crippen molar-refractivity contribution < 1.29 is 37.8 Å². The van der Waals surface area contributed by atoms with E-state index in [9.17, 15) is 19.2 Å². The van der Waals surface area contributed by atoms with Crippen molar-refractivity contribution in [3.05, 3.63) is 29.8 Å². The third-order valence-corrected chi connectivity index (χ3v) is 10.8. The van der Waals surface area contributed by atoms with Crippen molar-refractivity contribution in [2.45, 2.75) is 138 Å². The van der Waals surface area contributed by atoms with E-state index >= 15 is 0 Å². The average molecular weight is 609 g/mol. The minimum absolute atomic E-state index is 0.0389. The number of hydrogen-bond acceptors (Lipinski definition) is 8. The van der Waals surface area contributed by atoms with Crippen molar-refractivity contribution in [3.8, 4) is 0 Å². The van der Waals surface area contributed by atoms with Gasteiger partial charge in [-0.15, -0.1) is 0 Å². The van der Waals surface area contributed by atoms with Gasteiger partial charge in [-0.25, -0.2) is 19.3 Å². The summed E-state index contributed by atoms with van der Waals surface area (Å²) in [6, 6.07) is 5.24. The standard InChI is InChI=1S/C31H52N2O8Si/c1-21(32(25(35)39-28(2,3)4)26(36)40-29(5,6)7)24(34)33(27(37)41-30(8,9)10)23-18-16-22(17-19-23)20-38-42(14,15)31(11,12)13/h16-19,21H,20H2,1-15H3. The Hall–Kier alpha value is -2.92. The quantitative estimate of drug-likeness (QED) is 0.236. The predicted octanol–water partition coefficient (Wildman–Crippen LogP) is 8.04. The molecule has 0 saturated heterocycles. The largest absolute Gasteiger partial charge is 0.443 e. The number of rotatable bonds is 6. The molecule has 42 heavy (non-hydrogen) atoms. The molecule has 0 N–H and O–H groups in total. The van der Waals surface area contributed by atoms with Crippen LogP contribution in [0.25, 0.3) is 0 Å². The normalized spacial score (nSPS) is 13.6. The zero-order valence-corrected chi connectivity index (χ0v) is 29.3. The Morgan fingerprint density at radius 3 is 1.43 bits per heavy atom. The highest BCUT2D eigenvalue weighted by atomic mass is 28.4. The van der Waals surface area contributed by atoms with Crippen molar-refractivity contribution in [2.24, 2.45) is 0 Å². The van der Waals surface area contributed by atoms with E-state index in [-0.39, 0.29) is 10.7 Å². The van der Waals surface area contributed by atoms with Crippen LogP contribution >= 0.6 is 0 Å². The van der Waals surface area contributed by atoms with Gasteiger partial charge in [0.25, 0.3) is 5.91 Å². The lowest BCUT2D eigenvalue weighted by Crippen LogP contribution is -2.56. The minimum Gasteiger partial charge on any atom is -0.443 e. The van der Waals surface area contributed by atoms with Crippen molar-refractivity contribution in [1.29, 1.82) is 0 Å². The van der Waals surface area contributed by atoms with Crippen molar-refractivity contribution in [1.82, 2.24) is 4.90 Å². The lowest BCUT2D eigenvalue weighted by molar-refractivity contribution is -0.123. The van der Waals surface area contributed by atoms with Gasteiger partial charge in [0.1, 0.15) is 22.8 Å². The SMILES string of the molecule is CC(C(=O)N(C(=O)OC(C)(C)C)c1ccc(CO[Si](C)(C)C(C)(C)C)cc1)N(C(=O)OC(C)(C)C)C(=O)OC(C)(C)C. The fraction of sp³-hybridized carbons (Fsp3) is 0.677. The van der Waals surface area contributed by atoms with Gasteiger partial charge in [-0.05, 0) is 105 Å². The van der Waals surface area contributed by atoms with E-state index in [0.29, 0.717) is 11.5 Å². The van der Waals surface area contributed by atoms with E-state index in [0.717, 1.165) is 10.5 Å². The fourth-order valence-corrected chi connectivity index (χ4v) is 4.12. The highest BCUT2D eigenvalue weighted by Crippen LogP contribution is 2.37. The zero-order chi connectivity index (χ0) is 33.1. The van der Waals surface area contributed by atoms with Crippen LogP contribution in [-0.2, 0) is 30.0 Å². The molecule has 0 aliphatic carbocycles. The summed E-state index contributed by atoms with van der Waals surface area (Å²) < 4.78 is 22.7. The second-order valence-electron chi connectivity index (χ2n) is 14.9. The summed E-state index contributed by atoms with van der Waals surface area (Å²) >= 11 is 0. The number of hydrogen-bond donors (Lipinski definition) is 0. The van der Waals surface area contributed by atoms with Gasteiger partial charge in [0.15, 0.2) is 8.32 Å². The van der Waals surface area contributed by atoms with E-state index < -0.39 is 55.3 Å². The molecule has 0 aliphatic heterocycles. The molecule has 0 saturated carbocycles. The molecule has 238 valence electrons. The third kappa shape index (κ3) is 11.4. The fourth-order valence-electron chi connectivity index (χ4n) is 3.16. The van der Waals surface area contributed by atoms with Crippen LogP contribution in [0.4, 0.5) is 20.1 Å². The summed E-state index contributed by atoms with van der Waals surface area (Å²) in [5, 5.41) is 0.0389. The van der Waals surface area contributed by atoms with Gasteiger partial charge in [-0.2, -0.15) is 4.90 Å². The maximum absolute atomic E-state index is 14.0. The Morgan fingerprint density at radius 2 is 1.07 bits per heavy atom. The number of nitrogens with zero attached hydrogens (tertiary/aromatic N) is 2. The molecule has 0 fully saturated rings. The number of imide groups is 2. The van der Waals surface area contributed by atoms with E-state index in [1.807, 2.05) is 0 Å². The lowest BCUT2D eigenvalue weighted by Gasteiger charge is -2.36. The van der Waals surface area contributed by atoms with Crippen LogP contribution < -0.4 is 4.90 Å². The summed E-state index contributed by atoms with van der Waals surface area (Å²) in [5.41, 5.74) is -1.80. The topological polar surface area (TPSA) is 112 Å². The molecule has 1 aromatic carbocycles. The predicted molar refractivity (Wildman–Crippen MR) is 166 cm³/mol. The second-order valence-corrected chi connectivity index (χ2v) is 19.7. The minimum atomic E-state index is -2.00. The molecular weight excluding hydrogens is 556 g/mol. The van der Waals surface area contributed by atoms with Crippen LogP contribution in [0.15, 0.2) is 24.3 Å². The molecule has 0 bridgehead atoms. The summed E-state index contributed by atoms with van der Waals surface area (Å²) in [4.78, 5) is 55.1. The first-order valence-corrected chi connectivity index (χ1v) is 17.1. The monoisotopic (exact) mass is 608 g/mol. The van der Waals surface area contributed by atoms with Crippen LogP contribution in [0.2, 0.25) is 18.1 Å². The first kappa shape index (κ1) is 37.1. The molecule has 1 unspecified atom stereocenters. The van der Waals surface area contributed by atoms with Crippen LogP contribution in [-0.4, -0.2) is 60.2 Å². The first-order chi connectivity index (χ1) is 18.7. The van der Waals surface area contributed by atoms with E-state index in [1.54, 1.807) is 86.6 Å². The van der Waals surface area contributed by atoms with Crippen LogP contribution in [0.5, 0.6) is 0 Å². The number of amides is 4. The highest BCUT2D eigenvalue weighted by Gasteiger charge is 2.42. The Balaban J connectivity index is 3.50.